The lowest BCUT2D eigenvalue weighted by molar-refractivity contribution is -0.117. The van der Waals surface area contributed by atoms with Gasteiger partial charge >= 0.3 is 0 Å². The number of hydrogen-bond donors (Lipinski definition) is 1. The molecule has 0 saturated carbocycles. The fraction of sp³-hybridized carbons (Fsp3) is 0.263. The molecular formula is C19H21N3O. The van der Waals surface area contributed by atoms with Crippen LogP contribution >= 0.6 is 0 Å². The summed E-state index contributed by atoms with van der Waals surface area (Å²) in [4.78, 5) is 14.1. The zero-order valence-electron chi connectivity index (χ0n) is 13.5. The van der Waals surface area contributed by atoms with Gasteiger partial charge in [-0.05, 0) is 36.7 Å². The Kier molecular flexibility index (Phi) is 5.90. The molecule has 118 valence electrons. The van der Waals surface area contributed by atoms with Crippen molar-refractivity contribution in [2.45, 2.75) is 19.9 Å². The Hall–Kier alpha value is -2.64. The molecule has 1 N–H and O–H groups in total. The number of nitriles is 1. The van der Waals surface area contributed by atoms with E-state index in [0.717, 1.165) is 23.2 Å². The highest BCUT2D eigenvalue weighted by molar-refractivity contribution is 5.92. The zero-order valence-corrected chi connectivity index (χ0v) is 13.5. The summed E-state index contributed by atoms with van der Waals surface area (Å²) < 4.78 is 0. The van der Waals surface area contributed by atoms with Gasteiger partial charge in [-0.15, -0.1) is 0 Å². The summed E-state index contributed by atoms with van der Waals surface area (Å²) in [5.74, 6) is -0.0529. The van der Waals surface area contributed by atoms with Crippen molar-refractivity contribution in [1.82, 2.24) is 4.90 Å². The number of likely N-dealkylation sites (N-methyl/N-ethyl adjacent to an activating group) is 1. The van der Waals surface area contributed by atoms with Gasteiger partial charge in [-0.1, -0.05) is 43.3 Å². The Balaban J connectivity index is 1.96. The van der Waals surface area contributed by atoms with E-state index in [2.05, 4.69) is 18.3 Å². The molecule has 2 aromatic rings. The first-order valence-electron chi connectivity index (χ1n) is 7.68. The maximum atomic E-state index is 12.2. The van der Waals surface area contributed by atoms with Crippen molar-refractivity contribution in [2.24, 2.45) is 0 Å². The highest BCUT2D eigenvalue weighted by atomic mass is 16.2. The van der Waals surface area contributed by atoms with Crippen LogP contribution in [-0.2, 0) is 17.8 Å². The summed E-state index contributed by atoms with van der Waals surface area (Å²) in [5.41, 5.74) is 3.57. The third-order valence-corrected chi connectivity index (χ3v) is 3.66. The van der Waals surface area contributed by atoms with Crippen LogP contribution in [-0.4, -0.2) is 24.4 Å². The van der Waals surface area contributed by atoms with Gasteiger partial charge in [0.25, 0.3) is 0 Å². The minimum Gasteiger partial charge on any atom is -0.325 e. The van der Waals surface area contributed by atoms with Crippen LogP contribution in [0.25, 0.3) is 0 Å². The first-order chi connectivity index (χ1) is 11.1. The Bertz CT molecular complexity index is 719. The van der Waals surface area contributed by atoms with E-state index in [1.54, 1.807) is 6.07 Å². The van der Waals surface area contributed by atoms with Gasteiger partial charge in [0.15, 0.2) is 0 Å². The van der Waals surface area contributed by atoms with Crippen LogP contribution in [0.1, 0.15) is 23.6 Å². The highest BCUT2D eigenvalue weighted by Gasteiger charge is 2.10. The largest absolute Gasteiger partial charge is 0.325 e. The van der Waals surface area contributed by atoms with E-state index in [9.17, 15) is 4.79 Å². The summed E-state index contributed by atoms with van der Waals surface area (Å²) >= 11 is 0. The van der Waals surface area contributed by atoms with Gasteiger partial charge in [0, 0.05) is 12.2 Å². The van der Waals surface area contributed by atoms with Crippen LogP contribution < -0.4 is 5.32 Å². The molecule has 4 heteroatoms. The molecule has 0 atom stereocenters. The molecule has 2 aromatic carbocycles. The van der Waals surface area contributed by atoms with Gasteiger partial charge in [0.1, 0.15) is 0 Å². The van der Waals surface area contributed by atoms with Crippen molar-refractivity contribution in [2.75, 3.05) is 18.9 Å². The second-order valence-electron chi connectivity index (χ2n) is 5.50. The van der Waals surface area contributed by atoms with Gasteiger partial charge in [0.2, 0.25) is 5.91 Å². The summed E-state index contributed by atoms with van der Waals surface area (Å²) in [7, 11) is 1.87. The molecule has 4 nitrogen and oxygen atoms in total. The Morgan fingerprint density at radius 2 is 1.78 bits per heavy atom. The first-order valence-corrected chi connectivity index (χ1v) is 7.68. The fourth-order valence-corrected chi connectivity index (χ4v) is 2.50. The monoisotopic (exact) mass is 307 g/mol. The minimum atomic E-state index is -0.0529. The number of rotatable bonds is 6. The van der Waals surface area contributed by atoms with E-state index in [0.29, 0.717) is 12.1 Å². The number of anilines is 1. The third-order valence-electron chi connectivity index (χ3n) is 3.66. The topological polar surface area (TPSA) is 56.1 Å². The number of aryl methyl sites for hydroxylation is 1. The maximum Gasteiger partial charge on any atom is 0.238 e. The lowest BCUT2D eigenvalue weighted by Gasteiger charge is -2.17. The SMILES string of the molecule is CCc1ccccc1NC(=O)CN(C)Cc1ccccc1C#N. The molecule has 0 aliphatic heterocycles. The molecule has 0 aliphatic carbocycles. The van der Waals surface area contributed by atoms with Crippen molar-refractivity contribution < 1.29 is 4.79 Å². The average molecular weight is 307 g/mol. The first kappa shape index (κ1) is 16.7. The van der Waals surface area contributed by atoms with Gasteiger partial charge in [-0.3, -0.25) is 9.69 Å². The number of amides is 1. The standard InChI is InChI=1S/C19H21N3O/c1-3-15-8-6-7-11-18(15)21-19(23)14-22(2)13-17-10-5-4-9-16(17)12-20/h4-11H,3,13-14H2,1-2H3,(H,21,23). The van der Waals surface area contributed by atoms with Crippen molar-refractivity contribution >= 4 is 11.6 Å². The molecule has 0 unspecified atom stereocenters. The Morgan fingerprint density at radius 1 is 1.13 bits per heavy atom. The Morgan fingerprint density at radius 3 is 2.48 bits per heavy atom. The number of carbonyl (C=O) groups excluding carboxylic acids is 1. The lowest BCUT2D eigenvalue weighted by Crippen LogP contribution is -2.30. The molecular weight excluding hydrogens is 286 g/mol. The molecule has 0 spiro atoms. The molecule has 1 amide bonds. The molecule has 0 fully saturated rings. The van der Waals surface area contributed by atoms with Crippen LogP contribution in [0.15, 0.2) is 48.5 Å². The number of nitrogens with one attached hydrogen (secondary N) is 1. The minimum absolute atomic E-state index is 0.0529. The predicted molar refractivity (Wildman–Crippen MR) is 91.9 cm³/mol. The number of hydrogen-bond acceptors (Lipinski definition) is 3. The molecule has 0 aromatic heterocycles. The van der Waals surface area contributed by atoms with E-state index in [4.69, 9.17) is 5.26 Å². The van der Waals surface area contributed by atoms with E-state index >= 15 is 0 Å². The normalized spacial score (nSPS) is 10.3. The number of carbonyl (C=O) groups is 1. The Labute approximate surface area is 137 Å². The van der Waals surface area contributed by atoms with Crippen LogP contribution in [0.4, 0.5) is 5.69 Å². The molecule has 0 heterocycles. The molecule has 0 saturated heterocycles. The average Bonchev–Trinajstić information content (AvgIpc) is 2.55. The van der Waals surface area contributed by atoms with Crippen LogP contribution in [0, 0.1) is 11.3 Å². The quantitative estimate of drug-likeness (QED) is 0.891. The molecule has 0 radical (unpaired) electrons. The second-order valence-corrected chi connectivity index (χ2v) is 5.50. The van der Waals surface area contributed by atoms with Gasteiger partial charge < -0.3 is 5.32 Å². The highest BCUT2D eigenvalue weighted by Crippen LogP contribution is 2.15. The molecule has 23 heavy (non-hydrogen) atoms. The smallest absolute Gasteiger partial charge is 0.238 e. The van der Waals surface area contributed by atoms with Gasteiger partial charge in [-0.2, -0.15) is 5.26 Å². The lowest BCUT2D eigenvalue weighted by atomic mass is 10.1. The summed E-state index contributed by atoms with van der Waals surface area (Å²) in [6.45, 7) is 2.90. The maximum absolute atomic E-state index is 12.2. The van der Waals surface area contributed by atoms with Crippen molar-refractivity contribution in [3.8, 4) is 6.07 Å². The second kappa shape index (κ2) is 8.11. The van der Waals surface area contributed by atoms with Gasteiger partial charge in [0.05, 0.1) is 18.2 Å². The van der Waals surface area contributed by atoms with Crippen molar-refractivity contribution in [1.29, 1.82) is 5.26 Å². The summed E-state index contributed by atoms with van der Waals surface area (Å²) in [6.07, 6.45) is 0.877. The summed E-state index contributed by atoms with van der Waals surface area (Å²) in [6, 6.07) is 17.5. The zero-order chi connectivity index (χ0) is 16.7. The number of nitrogens with zero attached hydrogens (tertiary/aromatic N) is 2. The number of benzene rings is 2. The molecule has 2 rings (SSSR count). The van der Waals surface area contributed by atoms with Crippen molar-refractivity contribution in [3.63, 3.8) is 0 Å². The summed E-state index contributed by atoms with van der Waals surface area (Å²) in [5, 5.41) is 12.1. The van der Waals surface area contributed by atoms with Crippen LogP contribution in [0.2, 0.25) is 0 Å². The van der Waals surface area contributed by atoms with Gasteiger partial charge in [-0.25, -0.2) is 0 Å². The van der Waals surface area contributed by atoms with Crippen LogP contribution in [0.5, 0.6) is 0 Å². The van der Waals surface area contributed by atoms with E-state index in [-0.39, 0.29) is 12.5 Å². The third kappa shape index (κ3) is 4.67. The number of para-hydroxylation sites is 1. The van der Waals surface area contributed by atoms with Crippen molar-refractivity contribution in [3.05, 3.63) is 65.2 Å². The predicted octanol–water partition coefficient (Wildman–Crippen LogP) is 3.19. The molecule has 0 bridgehead atoms. The van der Waals surface area contributed by atoms with E-state index < -0.39 is 0 Å². The molecule has 0 aliphatic rings. The fourth-order valence-electron chi connectivity index (χ4n) is 2.50. The van der Waals surface area contributed by atoms with E-state index in [1.165, 1.54) is 0 Å². The van der Waals surface area contributed by atoms with E-state index in [1.807, 2.05) is 54.4 Å². The van der Waals surface area contributed by atoms with Crippen LogP contribution in [0.3, 0.4) is 0 Å².